The van der Waals surface area contributed by atoms with E-state index in [2.05, 4.69) is 44.2 Å². The number of thioether (sulfide) groups is 1. The van der Waals surface area contributed by atoms with Crippen LogP contribution < -0.4 is 10.0 Å². The maximum atomic E-state index is 12.8. The van der Waals surface area contributed by atoms with Crippen LogP contribution >= 0.6 is 11.8 Å². The molecule has 2 heterocycles. The first-order chi connectivity index (χ1) is 17.9. The van der Waals surface area contributed by atoms with Crippen molar-refractivity contribution in [3.8, 4) is 0 Å². The maximum Gasteiger partial charge on any atom is 0.365 e. The Balaban J connectivity index is 1.63. The lowest BCUT2D eigenvalue weighted by Crippen LogP contribution is -2.53. The minimum atomic E-state index is -0.930. The molecule has 0 radical (unpaired) electrons. The third-order valence-electron chi connectivity index (χ3n) is 6.31. The largest absolute Gasteiger partial charge is 0.461 e. The Hall–Kier alpha value is -3.84. The Morgan fingerprint density at radius 3 is 2.22 bits per heavy atom. The quantitative estimate of drug-likeness (QED) is 0.346. The molecule has 7 heteroatoms. The van der Waals surface area contributed by atoms with Gasteiger partial charge >= 0.3 is 5.97 Å². The van der Waals surface area contributed by atoms with E-state index in [9.17, 15) is 4.79 Å². The number of hydrogen-bond donors (Lipinski definition) is 0. The molecule has 3 aromatic carbocycles. The summed E-state index contributed by atoms with van der Waals surface area (Å²) in [5.41, 5.74) is 6.01. The van der Waals surface area contributed by atoms with Crippen molar-refractivity contribution in [3.63, 3.8) is 0 Å². The smallest absolute Gasteiger partial charge is 0.365 e. The van der Waals surface area contributed by atoms with Gasteiger partial charge in [-0.05, 0) is 73.5 Å². The van der Waals surface area contributed by atoms with E-state index in [1.165, 1.54) is 17.3 Å². The van der Waals surface area contributed by atoms with Crippen molar-refractivity contribution in [3.05, 3.63) is 108 Å². The minimum Gasteiger partial charge on any atom is -0.461 e. The van der Waals surface area contributed by atoms with Gasteiger partial charge in [0.2, 0.25) is 10.0 Å². The van der Waals surface area contributed by atoms with Gasteiger partial charge in [-0.15, -0.1) is 0 Å². The van der Waals surface area contributed by atoms with Gasteiger partial charge in [-0.2, -0.15) is 10.2 Å². The first kappa shape index (κ1) is 24.8. The SMILES string of the molecule is CCOC(=O)C1=NN(c2ccc(C)cc2)[C@@]2(C=CC(c3ccc(C(C)C)cc3)=NN2c2ccccc2)S1. The van der Waals surface area contributed by atoms with Gasteiger partial charge in [0.1, 0.15) is 0 Å². The second kappa shape index (κ2) is 10.3. The molecule has 0 saturated carbocycles. The Morgan fingerprint density at radius 1 is 0.919 bits per heavy atom. The van der Waals surface area contributed by atoms with Crippen LogP contribution in [0.2, 0.25) is 0 Å². The highest BCUT2D eigenvalue weighted by molar-refractivity contribution is 8.17. The van der Waals surface area contributed by atoms with Gasteiger partial charge in [-0.25, -0.2) is 14.8 Å². The van der Waals surface area contributed by atoms with Gasteiger partial charge in [0.15, 0.2) is 0 Å². The summed E-state index contributed by atoms with van der Waals surface area (Å²) >= 11 is 1.33. The fraction of sp³-hybridized carbons (Fsp3) is 0.233. The molecule has 2 aliphatic rings. The highest BCUT2D eigenvalue weighted by Crippen LogP contribution is 2.48. The van der Waals surface area contributed by atoms with E-state index < -0.39 is 11.0 Å². The van der Waals surface area contributed by atoms with Crippen molar-refractivity contribution in [1.29, 1.82) is 0 Å². The molecule has 0 amide bonds. The number of hydrogen-bond acceptors (Lipinski definition) is 7. The van der Waals surface area contributed by atoms with Crippen molar-refractivity contribution in [2.75, 3.05) is 16.6 Å². The number of esters is 1. The molecule has 6 nitrogen and oxygen atoms in total. The third-order valence-corrected chi connectivity index (χ3v) is 7.54. The second-order valence-electron chi connectivity index (χ2n) is 9.28. The summed E-state index contributed by atoms with van der Waals surface area (Å²) in [6.07, 6.45) is 4.08. The van der Waals surface area contributed by atoms with E-state index in [-0.39, 0.29) is 11.7 Å². The zero-order valence-corrected chi connectivity index (χ0v) is 22.3. The predicted octanol–water partition coefficient (Wildman–Crippen LogP) is 6.68. The van der Waals surface area contributed by atoms with Gasteiger partial charge in [-0.3, -0.25) is 0 Å². The number of carbonyl (C=O) groups is 1. The Bertz CT molecular complexity index is 1360. The van der Waals surface area contributed by atoms with Crippen LogP contribution in [-0.2, 0) is 9.53 Å². The van der Waals surface area contributed by atoms with Crippen LogP contribution in [0, 0.1) is 6.92 Å². The molecule has 37 heavy (non-hydrogen) atoms. The number of ether oxygens (including phenoxy) is 1. The van der Waals surface area contributed by atoms with Gasteiger partial charge in [0.05, 0.1) is 23.7 Å². The molecule has 0 aliphatic carbocycles. The molecule has 188 valence electrons. The average molecular weight is 511 g/mol. The van der Waals surface area contributed by atoms with Crippen molar-refractivity contribution >= 4 is 39.9 Å². The number of benzene rings is 3. The van der Waals surface area contributed by atoms with Crippen molar-refractivity contribution in [2.45, 2.75) is 38.6 Å². The van der Waals surface area contributed by atoms with E-state index in [1.54, 1.807) is 6.92 Å². The molecule has 1 atom stereocenters. The number of para-hydroxylation sites is 1. The molecule has 0 saturated heterocycles. The Kier molecular flexibility index (Phi) is 6.89. The summed E-state index contributed by atoms with van der Waals surface area (Å²) in [6.45, 7) is 8.49. The highest BCUT2D eigenvalue weighted by Gasteiger charge is 2.51. The second-order valence-corrected chi connectivity index (χ2v) is 10.5. The number of rotatable bonds is 6. The van der Waals surface area contributed by atoms with Crippen LogP contribution in [0.3, 0.4) is 0 Å². The van der Waals surface area contributed by atoms with Crippen LogP contribution in [0.4, 0.5) is 11.4 Å². The zero-order chi connectivity index (χ0) is 26.0. The molecule has 0 bridgehead atoms. The van der Waals surface area contributed by atoms with Gasteiger partial charge in [0, 0.05) is 5.56 Å². The summed E-state index contributed by atoms with van der Waals surface area (Å²) in [4.78, 5) is 11.9. The van der Waals surface area contributed by atoms with Gasteiger partial charge in [-0.1, -0.05) is 74.0 Å². The molecule has 0 fully saturated rings. The number of carbonyl (C=O) groups excluding carboxylic acids is 1. The van der Waals surface area contributed by atoms with Crippen LogP contribution in [0.15, 0.2) is 101 Å². The topological polar surface area (TPSA) is 57.5 Å². The molecule has 0 N–H and O–H groups in total. The molecule has 2 aliphatic heterocycles. The fourth-order valence-electron chi connectivity index (χ4n) is 4.29. The fourth-order valence-corrected chi connectivity index (χ4v) is 5.44. The zero-order valence-electron chi connectivity index (χ0n) is 21.5. The molecule has 3 aromatic rings. The van der Waals surface area contributed by atoms with E-state index in [1.807, 2.05) is 77.6 Å². The van der Waals surface area contributed by atoms with Crippen molar-refractivity contribution < 1.29 is 9.53 Å². The first-order valence-corrected chi connectivity index (χ1v) is 13.3. The van der Waals surface area contributed by atoms with Crippen molar-refractivity contribution in [1.82, 2.24) is 0 Å². The van der Waals surface area contributed by atoms with E-state index in [4.69, 9.17) is 14.9 Å². The molecule has 0 aromatic heterocycles. The average Bonchev–Trinajstić information content (AvgIpc) is 3.30. The lowest BCUT2D eigenvalue weighted by atomic mass is 10.00. The number of nitrogens with zero attached hydrogens (tertiary/aromatic N) is 4. The monoisotopic (exact) mass is 510 g/mol. The highest BCUT2D eigenvalue weighted by atomic mass is 32.2. The summed E-state index contributed by atoms with van der Waals surface area (Å²) in [6, 6.07) is 26.6. The number of hydrazone groups is 2. The van der Waals surface area contributed by atoms with E-state index >= 15 is 0 Å². The number of allylic oxidation sites excluding steroid dienone is 1. The minimum absolute atomic E-state index is 0.281. The Labute approximate surface area is 222 Å². The maximum absolute atomic E-state index is 12.8. The summed E-state index contributed by atoms with van der Waals surface area (Å²) in [5.74, 6) is 0.0142. The van der Waals surface area contributed by atoms with Crippen LogP contribution in [0.5, 0.6) is 0 Å². The Morgan fingerprint density at radius 2 is 1.57 bits per heavy atom. The molecule has 0 unspecified atom stereocenters. The van der Waals surface area contributed by atoms with E-state index in [0.717, 1.165) is 28.2 Å². The third kappa shape index (κ3) is 4.79. The number of anilines is 2. The molecule has 1 spiro atoms. The normalized spacial score (nSPS) is 18.8. The van der Waals surface area contributed by atoms with Crippen LogP contribution in [0.1, 0.15) is 43.4 Å². The summed E-state index contributed by atoms with van der Waals surface area (Å²) in [7, 11) is 0. The summed E-state index contributed by atoms with van der Waals surface area (Å²) in [5, 5.41) is 14.0. The van der Waals surface area contributed by atoms with Crippen molar-refractivity contribution in [2.24, 2.45) is 10.2 Å². The lowest BCUT2D eigenvalue weighted by Gasteiger charge is -2.43. The standard InChI is InChI=1S/C30H30N4O2S/c1-5-36-29(35)28-32-34(26-17-11-22(4)12-18-26)30(37-28)20-19-27(24-15-13-23(14-16-24)21(2)3)31-33(30)25-9-7-6-8-10-25/h6-21H,5H2,1-4H3/t30-/m0/s1. The van der Waals surface area contributed by atoms with E-state index in [0.29, 0.717) is 5.92 Å². The van der Waals surface area contributed by atoms with Gasteiger partial charge < -0.3 is 4.74 Å². The van der Waals surface area contributed by atoms with Gasteiger partial charge in [0.25, 0.3) is 0 Å². The summed E-state index contributed by atoms with van der Waals surface area (Å²) < 4.78 is 5.33. The molecular weight excluding hydrogens is 480 g/mol. The first-order valence-electron chi connectivity index (χ1n) is 12.5. The van der Waals surface area contributed by atoms with Crippen LogP contribution in [-0.4, -0.2) is 28.3 Å². The lowest BCUT2D eigenvalue weighted by molar-refractivity contribution is -0.134. The number of aryl methyl sites for hydroxylation is 1. The van der Waals surface area contributed by atoms with Crippen LogP contribution in [0.25, 0.3) is 0 Å². The molecule has 5 rings (SSSR count). The predicted molar refractivity (Wildman–Crippen MR) is 153 cm³/mol. The molecular formula is C30H30N4O2S.